The normalized spacial score (nSPS) is 11.6. The summed E-state index contributed by atoms with van der Waals surface area (Å²) in [6.07, 6.45) is 7.76. The predicted octanol–water partition coefficient (Wildman–Crippen LogP) is 4.29. The van der Waals surface area contributed by atoms with Gasteiger partial charge >= 0.3 is 0 Å². The molecule has 0 aliphatic rings. The molecule has 0 radical (unpaired) electrons. The van der Waals surface area contributed by atoms with Crippen molar-refractivity contribution in [1.82, 2.24) is 0 Å². The van der Waals surface area contributed by atoms with Crippen LogP contribution in [0.25, 0.3) is 0 Å². The molecule has 0 aliphatic carbocycles. The molecule has 0 aromatic heterocycles. The predicted molar refractivity (Wildman–Crippen MR) is 95.7 cm³/mol. The second-order valence-electron chi connectivity index (χ2n) is 7.23. The van der Waals surface area contributed by atoms with Crippen molar-refractivity contribution in [2.24, 2.45) is 0 Å². The van der Waals surface area contributed by atoms with Gasteiger partial charge in [-0.3, -0.25) is 0 Å². The zero-order valence-corrected chi connectivity index (χ0v) is 15.2. The summed E-state index contributed by atoms with van der Waals surface area (Å²) >= 11 is 0. The van der Waals surface area contributed by atoms with E-state index in [2.05, 4.69) is 57.3 Å². The molecule has 0 amide bonds. The summed E-state index contributed by atoms with van der Waals surface area (Å²) in [7, 11) is 0. The Morgan fingerprint density at radius 2 is 1.59 bits per heavy atom. The van der Waals surface area contributed by atoms with Crippen LogP contribution < -0.4 is 10.1 Å². The second-order valence-corrected chi connectivity index (χ2v) is 7.23. The van der Waals surface area contributed by atoms with Gasteiger partial charge in [-0.25, -0.2) is 0 Å². The lowest BCUT2D eigenvalue weighted by molar-refractivity contribution is -0.655. The maximum atomic E-state index is 6.02. The first-order valence-electron chi connectivity index (χ1n) is 9.09. The number of hydrogen-bond acceptors (Lipinski definition) is 1. The van der Waals surface area contributed by atoms with E-state index in [0.29, 0.717) is 0 Å². The van der Waals surface area contributed by atoms with E-state index >= 15 is 0 Å². The molecule has 0 saturated carbocycles. The molecule has 2 nitrogen and oxygen atoms in total. The molecular weight excluding hydrogens is 270 g/mol. The van der Waals surface area contributed by atoms with Gasteiger partial charge in [-0.15, -0.1) is 0 Å². The summed E-state index contributed by atoms with van der Waals surface area (Å²) in [5, 5.41) is 2.46. The number of benzene rings is 1. The molecule has 0 fully saturated rings. The number of para-hydroxylation sites is 1. The highest BCUT2D eigenvalue weighted by Crippen LogP contribution is 2.30. The first-order valence-corrected chi connectivity index (χ1v) is 9.09. The number of quaternary nitrogens is 1. The Labute approximate surface area is 137 Å². The van der Waals surface area contributed by atoms with Crippen LogP contribution in [0.4, 0.5) is 0 Å². The van der Waals surface area contributed by atoms with Gasteiger partial charge < -0.3 is 10.1 Å². The Hall–Kier alpha value is -1.02. The largest absolute Gasteiger partial charge is 0.493 e. The summed E-state index contributed by atoms with van der Waals surface area (Å²) in [5.74, 6) is 1.06. The Morgan fingerprint density at radius 1 is 0.909 bits per heavy atom. The molecule has 1 rings (SSSR count). The highest BCUT2D eigenvalue weighted by Gasteiger charge is 2.18. The number of unbranched alkanes of at least 4 members (excludes halogenated alkanes) is 4. The van der Waals surface area contributed by atoms with Crippen LogP contribution >= 0.6 is 0 Å². The van der Waals surface area contributed by atoms with E-state index in [4.69, 9.17) is 4.74 Å². The lowest BCUT2D eigenvalue weighted by Crippen LogP contribution is -2.84. The van der Waals surface area contributed by atoms with E-state index < -0.39 is 0 Å². The van der Waals surface area contributed by atoms with Gasteiger partial charge in [-0.1, -0.05) is 52.3 Å². The lowest BCUT2D eigenvalue weighted by atomic mass is 9.86. The van der Waals surface area contributed by atoms with Crippen LogP contribution in [0.1, 0.15) is 71.8 Å². The van der Waals surface area contributed by atoms with Crippen molar-refractivity contribution >= 4 is 0 Å². The molecule has 2 heteroatoms. The minimum absolute atomic E-state index is 0.144. The number of ether oxygens (including phenoxy) is 1. The van der Waals surface area contributed by atoms with Gasteiger partial charge in [0.1, 0.15) is 5.75 Å². The van der Waals surface area contributed by atoms with Crippen molar-refractivity contribution in [3.63, 3.8) is 0 Å². The third-order valence-corrected chi connectivity index (χ3v) is 4.02. The van der Waals surface area contributed by atoms with Crippen LogP contribution in [-0.4, -0.2) is 19.7 Å². The average molecular weight is 307 g/mol. The highest BCUT2D eigenvalue weighted by molar-refractivity contribution is 5.38. The Balaban J connectivity index is 2.13. The van der Waals surface area contributed by atoms with Crippen LogP contribution in [0.2, 0.25) is 0 Å². The van der Waals surface area contributed by atoms with Gasteiger partial charge in [-0.05, 0) is 49.1 Å². The van der Waals surface area contributed by atoms with E-state index in [9.17, 15) is 0 Å². The molecule has 0 spiro atoms. The molecule has 0 bridgehead atoms. The summed E-state index contributed by atoms with van der Waals surface area (Å²) in [6.45, 7) is 12.4. The third-order valence-electron chi connectivity index (χ3n) is 4.02. The van der Waals surface area contributed by atoms with Crippen LogP contribution in [0, 0.1) is 0 Å². The fourth-order valence-corrected chi connectivity index (χ4v) is 2.63. The average Bonchev–Trinajstić information content (AvgIpc) is 2.48. The maximum Gasteiger partial charge on any atom is 0.123 e. The van der Waals surface area contributed by atoms with Crippen molar-refractivity contribution in [1.29, 1.82) is 0 Å². The second kappa shape index (κ2) is 10.7. The van der Waals surface area contributed by atoms with E-state index in [1.54, 1.807) is 0 Å². The van der Waals surface area contributed by atoms with E-state index in [1.807, 2.05) is 0 Å². The molecule has 2 N–H and O–H groups in total. The molecule has 0 aliphatic heterocycles. The number of rotatable bonds is 11. The molecule has 0 atom stereocenters. The quantitative estimate of drug-likeness (QED) is 0.606. The smallest absolute Gasteiger partial charge is 0.123 e. The van der Waals surface area contributed by atoms with Crippen molar-refractivity contribution in [2.45, 2.75) is 71.6 Å². The van der Waals surface area contributed by atoms with Gasteiger partial charge in [-0.2, -0.15) is 0 Å². The molecule has 0 heterocycles. The first kappa shape index (κ1) is 19.0. The van der Waals surface area contributed by atoms with Crippen molar-refractivity contribution in [2.75, 3.05) is 19.7 Å². The van der Waals surface area contributed by atoms with E-state index in [-0.39, 0.29) is 5.41 Å². The molecule has 1 aromatic carbocycles. The molecule has 1 aromatic rings. The molecular formula is C20H36NO+. The zero-order valence-electron chi connectivity index (χ0n) is 15.2. The van der Waals surface area contributed by atoms with Gasteiger partial charge in [0.15, 0.2) is 0 Å². The zero-order chi connectivity index (χ0) is 16.3. The third kappa shape index (κ3) is 7.84. The van der Waals surface area contributed by atoms with Crippen molar-refractivity contribution in [3.05, 3.63) is 29.8 Å². The lowest BCUT2D eigenvalue weighted by Gasteiger charge is -2.22. The van der Waals surface area contributed by atoms with Gasteiger partial charge in [0.25, 0.3) is 0 Å². The summed E-state index contributed by atoms with van der Waals surface area (Å²) in [5.41, 5.74) is 1.45. The number of hydrogen-bond donors (Lipinski definition) is 1. The van der Waals surface area contributed by atoms with Crippen molar-refractivity contribution < 1.29 is 10.1 Å². The van der Waals surface area contributed by atoms with E-state index in [1.165, 1.54) is 50.8 Å². The maximum absolute atomic E-state index is 6.02. The molecule has 0 saturated heterocycles. The summed E-state index contributed by atoms with van der Waals surface area (Å²) in [6, 6.07) is 8.45. The topological polar surface area (TPSA) is 25.8 Å². The molecule has 126 valence electrons. The first-order chi connectivity index (χ1) is 10.6. The highest BCUT2D eigenvalue weighted by atomic mass is 16.5. The van der Waals surface area contributed by atoms with Gasteiger partial charge in [0.2, 0.25) is 0 Å². The Kier molecular flexibility index (Phi) is 9.22. The Bertz CT molecular complexity index is 395. The summed E-state index contributed by atoms with van der Waals surface area (Å²) < 4.78 is 6.02. The van der Waals surface area contributed by atoms with Crippen LogP contribution in [-0.2, 0) is 5.41 Å². The van der Waals surface area contributed by atoms with E-state index in [0.717, 1.165) is 18.8 Å². The van der Waals surface area contributed by atoms with Gasteiger partial charge in [0.05, 0.1) is 19.7 Å². The van der Waals surface area contributed by atoms with Crippen molar-refractivity contribution in [3.8, 4) is 5.75 Å². The standard InChI is InChI=1S/C20H35NO/c1-5-6-15-21-16-11-7-8-12-17-22-19-14-10-9-13-18(19)20(2,3)4/h9-10,13-14,21H,5-8,11-12,15-17H2,1-4H3/p+1. The minimum Gasteiger partial charge on any atom is -0.493 e. The monoisotopic (exact) mass is 306 g/mol. The number of nitrogens with two attached hydrogens (primary N) is 1. The summed E-state index contributed by atoms with van der Waals surface area (Å²) in [4.78, 5) is 0. The molecule has 22 heavy (non-hydrogen) atoms. The minimum atomic E-state index is 0.144. The molecule has 0 unspecified atom stereocenters. The van der Waals surface area contributed by atoms with Crippen LogP contribution in [0.3, 0.4) is 0 Å². The van der Waals surface area contributed by atoms with Crippen LogP contribution in [0.5, 0.6) is 5.75 Å². The SMILES string of the molecule is CCCC[NH2+]CCCCCCOc1ccccc1C(C)(C)C. The fraction of sp³-hybridized carbons (Fsp3) is 0.700. The Morgan fingerprint density at radius 3 is 2.32 bits per heavy atom. The van der Waals surface area contributed by atoms with Crippen LogP contribution in [0.15, 0.2) is 24.3 Å². The fourth-order valence-electron chi connectivity index (χ4n) is 2.63. The van der Waals surface area contributed by atoms with Gasteiger partial charge in [0, 0.05) is 0 Å².